The second kappa shape index (κ2) is 5.47. The van der Waals surface area contributed by atoms with E-state index in [9.17, 15) is 4.39 Å². The molecule has 1 heterocycles. The highest BCUT2D eigenvalue weighted by Gasteiger charge is 2.00. The van der Waals surface area contributed by atoms with E-state index >= 15 is 0 Å². The Hall–Kier alpha value is -2.13. The monoisotopic (exact) mass is 286 g/mol. The summed E-state index contributed by atoms with van der Waals surface area (Å²) in [5, 5.41) is 5.79. The molecule has 0 atom stereocenters. The number of hydrogen-bond donors (Lipinski definition) is 1. The summed E-state index contributed by atoms with van der Waals surface area (Å²) in [5.41, 5.74) is 1.79. The third kappa shape index (κ3) is 2.89. The number of hydrogen-bond acceptors (Lipinski definition) is 2. The molecule has 0 fully saturated rings. The molecule has 1 N–H and O–H groups in total. The second-order valence-electron chi connectivity index (χ2n) is 4.57. The average molecular weight is 287 g/mol. The van der Waals surface area contributed by atoms with Crippen LogP contribution in [0.4, 0.5) is 10.1 Å². The van der Waals surface area contributed by atoms with Crippen LogP contribution in [0.1, 0.15) is 5.56 Å². The Labute approximate surface area is 121 Å². The van der Waals surface area contributed by atoms with Gasteiger partial charge in [-0.2, -0.15) is 0 Å². The van der Waals surface area contributed by atoms with E-state index in [0.29, 0.717) is 17.3 Å². The van der Waals surface area contributed by atoms with Crippen LogP contribution in [0.25, 0.3) is 10.8 Å². The minimum absolute atomic E-state index is 0.343. The summed E-state index contributed by atoms with van der Waals surface area (Å²) in [6.07, 6.45) is 3.60. The Morgan fingerprint density at radius 3 is 2.80 bits per heavy atom. The molecule has 3 rings (SSSR count). The third-order valence-electron chi connectivity index (χ3n) is 3.06. The lowest BCUT2D eigenvalue weighted by Crippen LogP contribution is -1.99. The molecule has 20 heavy (non-hydrogen) atoms. The Kier molecular flexibility index (Phi) is 3.52. The number of benzene rings is 2. The van der Waals surface area contributed by atoms with Crippen molar-refractivity contribution in [3.05, 3.63) is 71.3 Å². The average Bonchev–Trinajstić information content (AvgIpc) is 2.44. The van der Waals surface area contributed by atoms with Crippen molar-refractivity contribution in [3.8, 4) is 0 Å². The van der Waals surface area contributed by atoms with Gasteiger partial charge in [0, 0.05) is 35.0 Å². The summed E-state index contributed by atoms with van der Waals surface area (Å²) in [7, 11) is 0. The van der Waals surface area contributed by atoms with Gasteiger partial charge in [0.2, 0.25) is 0 Å². The minimum atomic E-state index is -0.343. The van der Waals surface area contributed by atoms with Crippen molar-refractivity contribution in [2.45, 2.75) is 6.54 Å². The molecule has 2 aromatic carbocycles. The first kappa shape index (κ1) is 12.9. The van der Waals surface area contributed by atoms with Gasteiger partial charge in [-0.1, -0.05) is 23.7 Å². The maximum atomic E-state index is 13.2. The van der Waals surface area contributed by atoms with Gasteiger partial charge < -0.3 is 5.32 Å². The normalized spacial score (nSPS) is 10.7. The third-order valence-corrected chi connectivity index (χ3v) is 3.28. The lowest BCUT2D eigenvalue weighted by atomic mass is 10.1. The van der Waals surface area contributed by atoms with E-state index < -0.39 is 0 Å². The number of nitrogens with one attached hydrogen (secondary N) is 1. The summed E-state index contributed by atoms with van der Waals surface area (Å²) in [5.74, 6) is -0.343. The van der Waals surface area contributed by atoms with Crippen LogP contribution in [0.3, 0.4) is 0 Å². The largest absolute Gasteiger partial charge is 0.381 e. The highest BCUT2D eigenvalue weighted by molar-refractivity contribution is 6.30. The number of pyridine rings is 1. The van der Waals surface area contributed by atoms with Crippen molar-refractivity contribution in [3.63, 3.8) is 0 Å². The molecule has 0 aliphatic rings. The molecule has 0 unspecified atom stereocenters. The van der Waals surface area contributed by atoms with Gasteiger partial charge in [-0.3, -0.25) is 4.98 Å². The Bertz CT molecular complexity index is 738. The molecule has 0 saturated carbocycles. The minimum Gasteiger partial charge on any atom is -0.381 e. The first-order valence-electron chi connectivity index (χ1n) is 6.23. The SMILES string of the molecule is Fc1cc(Cl)cc(NCc2ccc3cnccc3c2)c1. The van der Waals surface area contributed by atoms with Crippen LogP contribution in [0.15, 0.2) is 54.9 Å². The zero-order valence-electron chi connectivity index (χ0n) is 10.6. The van der Waals surface area contributed by atoms with Gasteiger partial charge in [-0.05, 0) is 41.3 Å². The lowest BCUT2D eigenvalue weighted by molar-refractivity contribution is 0.628. The van der Waals surface area contributed by atoms with Crippen LogP contribution in [0, 0.1) is 5.82 Å². The summed E-state index contributed by atoms with van der Waals surface area (Å²) in [6, 6.07) is 12.5. The molecule has 100 valence electrons. The Balaban J connectivity index is 1.79. The van der Waals surface area contributed by atoms with Gasteiger partial charge in [0.25, 0.3) is 0 Å². The fourth-order valence-corrected chi connectivity index (χ4v) is 2.32. The number of halogens is 2. The summed E-state index contributed by atoms with van der Waals surface area (Å²) in [4.78, 5) is 4.08. The van der Waals surface area contributed by atoms with Gasteiger partial charge >= 0.3 is 0 Å². The molecular formula is C16H12ClFN2. The highest BCUT2D eigenvalue weighted by Crippen LogP contribution is 2.20. The van der Waals surface area contributed by atoms with Crippen molar-refractivity contribution in [2.24, 2.45) is 0 Å². The Morgan fingerprint density at radius 1 is 1.05 bits per heavy atom. The molecule has 4 heteroatoms. The van der Waals surface area contributed by atoms with Crippen molar-refractivity contribution in [1.29, 1.82) is 0 Å². The van der Waals surface area contributed by atoms with Crippen molar-refractivity contribution < 1.29 is 4.39 Å². The molecule has 0 radical (unpaired) electrons. The van der Waals surface area contributed by atoms with E-state index in [2.05, 4.69) is 16.4 Å². The quantitative estimate of drug-likeness (QED) is 0.759. The number of rotatable bonds is 3. The molecule has 0 amide bonds. The summed E-state index contributed by atoms with van der Waals surface area (Å²) in [6.45, 7) is 0.609. The van der Waals surface area contributed by atoms with Gasteiger partial charge in [-0.15, -0.1) is 0 Å². The second-order valence-corrected chi connectivity index (χ2v) is 5.01. The van der Waals surface area contributed by atoms with Gasteiger partial charge in [0.15, 0.2) is 0 Å². The van der Waals surface area contributed by atoms with E-state index in [1.54, 1.807) is 12.3 Å². The fourth-order valence-electron chi connectivity index (χ4n) is 2.10. The van der Waals surface area contributed by atoms with E-state index in [-0.39, 0.29) is 5.82 Å². The zero-order valence-corrected chi connectivity index (χ0v) is 11.4. The number of nitrogens with zero attached hydrogens (tertiary/aromatic N) is 1. The van der Waals surface area contributed by atoms with E-state index in [1.807, 2.05) is 24.4 Å². The van der Waals surface area contributed by atoms with E-state index in [1.165, 1.54) is 12.1 Å². The van der Waals surface area contributed by atoms with Crippen LogP contribution in [-0.4, -0.2) is 4.98 Å². The van der Waals surface area contributed by atoms with Gasteiger partial charge in [0.05, 0.1) is 0 Å². The molecule has 3 aromatic rings. The summed E-state index contributed by atoms with van der Waals surface area (Å²) < 4.78 is 13.2. The van der Waals surface area contributed by atoms with Crippen LogP contribution >= 0.6 is 11.6 Å². The first-order valence-corrected chi connectivity index (χ1v) is 6.61. The molecule has 2 nitrogen and oxygen atoms in total. The van der Waals surface area contributed by atoms with Gasteiger partial charge in [-0.25, -0.2) is 4.39 Å². The van der Waals surface area contributed by atoms with Crippen LogP contribution < -0.4 is 5.32 Å². The van der Waals surface area contributed by atoms with Crippen LogP contribution in [0.5, 0.6) is 0 Å². The predicted octanol–water partition coefficient (Wildman–Crippen LogP) is 4.64. The van der Waals surface area contributed by atoms with Crippen molar-refractivity contribution in [2.75, 3.05) is 5.32 Å². The van der Waals surface area contributed by atoms with Gasteiger partial charge in [0.1, 0.15) is 5.82 Å². The van der Waals surface area contributed by atoms with Crippen LogP contribution in [-0.2, 0) is 6.54 Å². The highest BCUT2D eigenvalue weighted by atomic mass is 35.5. The standard InChI is InChI=1S/C16H12ClFN2/c17-14-6-15(18)8-16(7-14)20-9-11-1-2-13-10-19-4-3-12(13)5-11/h1-8,10,20H,9H2. The molecular weight excluding hydrogens is 275 g/mol. The Morgan fingerprint density at radius 2 is 1.95 bits per heavy atom. The van der Waals surface area contributed by atoms with E-state index in [0.717, 1.165) is 16.3 Å². The summed E-state index contributed by atoms with van der Waals surface area (Å²) >= 11 is 5.82. The molecule has 0 aliphatic carbocycles. The molecule has 0 spiro atoms. The van der Waals surface area contributed by atoms with Crippen molar-refractivity contribution in [1.82, 2.24) is 4.98 Å². The number of fused-ring (bicyclic) bond motifs is 1. The maximum absolute atomic E-state index is 13.2. The predicted molar refractivity (Wildman–Crippen MR) is 80.5 cm³/mol. The molecule has 0 saturated heterocycles. The number of anilines is 1. The number of aromatic nitrogens is 1. The topological polar surface area (TPSA) is 24.9 Å². The maximum Gasteiger partial charge on any atom is 0.126 e. The van der Waals surface area contributed by atoms with E-state index in [4.69, 9.17) is 11.6 Å². The smallest absolute Gasteiger partial charge is 0.126 e. The molecule has 0 aliphatic heterocycles. The fraction of sp³-hybridized carbons (Fsp3) is 0.0625. The lowest BCUT2D eigenvalue weighted by Gasteiger charge is -2.08. The van der Waals surface area contributed by atoms with Crippen LogP contribution in [0.2, 0.25) is 5.02 Å². The zero-order chi connectivity index (χ0) is 13.9. The van der Waals surface area contributed by atoms with Crippen molar-refractivity contribution >= 4 is 28.1 Å². The first-order chi connectivity index (χ1) is 9.70. The molecule has 0 bridgehead atoms. The molecule has 1 aromatic heterocycles.